The van der Waals surface area contributed by atoms with Gasteiger partial charge in [0.1, 0.15) is 0 Å². The number of nitrogens with zero attached hydrogens (tertiary/aromatic N) is 2. The summed E-state index contributed by atoms with van der Waals surface area (Å²) < 4.78 is 3.96. The SMILES string of the molecule is O=C(O)CN1C[C@H](Cc2ccc(Br)cc2)NC[C@H](Cc2ccc(Br)cc2)N(CC(=O)O)C[C@H](Cc2ccc(Br)cc2)NC[C@@H]1Cc1ccc(Br)cc1. The molecule has 4 N–H and O–H groups in total. The molecule has 0 unspecified atom stereocenters. The highest BCUT2D eigenvalue weighted by molar-refractivity contribution is 9.11. The second-order valence-corrected chi connectivity index (χ2v) is 17.1. The van der Waals surface area contributed by atoms with Crippen LogP contribution in [0.5, 0.6) is 0 Å². The van der Waals surface area contributed by atoms with Crippen LogP contribution in [0.2, 0.25) is 0 Å². The number of benzene rings is 4. The van der Waals surface area contributed by atoms with Gasteiger partial charge in [-0.2, -0.15) is 0 Å². The second-order valence-electron chi connectivity index (χ2n) is 13.5. The van der Waals surface area contributed by atoms with Gasteiger partial charge in [-0.3, -0.25) is 19.4 Å². The summed E-state index contributed by atoms with van der Waals surface area (Å²) in [5.41, 5.74) is 4.49. The Morgan fingerprint density at radius 2 is 0.769 bits per heavy atom. The molecular weight excluding hydrogens is 920 g/mol. The molecule has 0 bridgehead atoms. The fourth-order valence-corrected chi connectivity index (χ4v) is 7.92. The Morgan fingerprint density at radius 1 is 0.500 bits per heavy atom. The summed E-state index contributed by atoms with van der Waals surface area (Å²) in [6.45, 7) is 1.82. The molecule has 4 aromatic carbocycles. The number of rotatable bonds is 12. The van der Waals surface area contributed by atoms with Crippen LogP contribution in [0.4, 0.5) is 0 Å². The number of hydrogen-bond donors (Lipinski definition) is 4. The van der Waals surface area contributed by atoms with Gasteiger partial charge in [0.25, 0.3) is 0 Å². The standard InChI is InChI=1S/C40H44Br4N4O4/c41-31-9-1-27(2-10-31)17-35-23-47(25-39(49)50)38(20-30-7-15-34(44)16-8-30)22-46-36(18-28-3-11-32(42)12-4-28)24-48(26-40(51)52)37(21-45-35)19-29-5-13-33(43)14-6-29/h1-16,35-38,45-46H,17-26H2,(H,49,50)(H,51,52)/t35-,36-,37-,38-/m0/s1. The van der Waals surface area contributed by atoms with Crippen molar-refractivity contribution in [2.24, 2.45) is 0 Å². The highest BCUT2D eigenvalue weighted by atomic mass is 79.9. The van der Waals surface area contributed by atoms with E-state index in [0.717, 1.165) is 40.1 Å². The first kappa shape index (κ1) is 40.8. The molecule has 276 valence electrons. The van der Waals surface area contributed by atoms with Crippen molar-refractivity contribution in [3.63, 3.8) is 0 Å². The van der Waals surface area contributed by atoms with Gasteiger partial charge in [-0.05, 0) is 96.5 Å². The predicted molar refractivity (Wildman–Crippen MR) is 221 cm³/mol. The van der Waals surface area contributed by atoms with Crippen LogP contribution in [-0.4, -0.2) is 95.4 Å². The van der Waals surface area contributed by atoms with Crippen LogP contribution < -0.4 is 10.6 Å². The van der Waals surface area contributed by atoms with E-state index in [1.165, 1.54) is 0 Å². The molecule has 1 aliphatic heterocycles. The third kappa shape index (κ3) is 13.5. The number of aliphatic carboxylic acids is 2. The van der Waals surface area contributed by atoms with Crippen LogP contribution in [0.25, 0.3) is 0 Å². The minimum Gasteiger partial charge on any atom is -0.480 e. The smallest absolute Gasteiger partial charge is 0.317 e. The molecule has 0 aromatic heterocycles. The number of carboxylic acid groups (broad SMARTS) is 2. The van der Waals surface area contributed by atoms with Crippen molar-refractivity contribution >= 4 is 75.7 Å². The van der Waals surface area contributed by atoms with E-state index in [1.807, 2.05) is 48.5 Å². The van der Waals surface area contributed by atoms with Gasteiger partial charge >= 0.3 is 11.9 Å². The summed E-state index contributed by atoms with van der Waals surface area (Å²) in [7, 11) is 0. The van der Waals surface area contributed by atoms with Crippen LogP contribution in [0.1, 0.15) is 22.3 Å². The second kappa shape index (κ2) is 20.3. The van der Waals surface area contributed by atoms with Crippen molar-refractivity contribution in [2.45, 2.75) is 49.9 Å². The predicted octanol–water partition coefficient (Wildman–Crippen LogP) is 7.45. The van der Waals surface area contributed by atoms with E-state index in [9.17, 15) is 19.8 Å². The molecule has 0 saturated carbocycles. The lowest BCUT2D eigenvalue weighted by Crippen LogP contribution is -2.58. The molecule has 4 atom stereocenters. The van der Waals surface area contributed by atoms with Gasteiger partial charge in [0.05, 0.1) is 13.1 Å². The van der Waals surface area contributed by atoms with E-state index in [4.69, 9.17) is 0 Å². The van der Waals surface area contributed by atoms with Crippen LogP contribution in [0, 0.1) is 0 Å². The highest BCUT2D eigenvalue weighted by Crippen LogP contribution is 2.20. The molecule has 5 rings (SSSR count). The van der Waals surface area contributed by atoms with Crippen molar-refractivity contribution in [1.29, 1.82) is 0 Å². The van der Waals surface area contributed by atoms with Gasteiger partial charge in [-0.15, -0.1) is 0 Å². The van der Waals surface area contributed by atoms with Gasteiger partial charge < -0.3 is 20.8 Å². The lowest BCUT2D eigenvalue weighted by Gasteiger charge is -2.40. The van der Waals surface area contributed by atoms with Gasteiger partial charge in [0.15, 0.2) is 0 Å². The first-order chi connectivity index (χ1) is 25.0. The molecule has 1 aliphatic rings. The first-order valence-corrected chi connectivity index (χ1v) is 20.5. The Bertz CT molecular complexity index is 1600. The number of carbonyl (C=O) groups is 2. The topological polar surface area (TPSA) is 105 Å². The fraction of sp³-hybridized carbons (Fsp3) is 0.350. The Hall–Kier alpha value is -2.42. The van der Waals surface area contributed by atoms with Crippen LogP contribution >= 0.6 is 63.7 Å². The van der Waals surface area contributed by atoms with Crippen LogP contribution in [-0.2, 0) is 35.3 Å². The maximum absolute atomic E-state index is 12.5. The Morgan fingerprint density at radius 3 is 1.04 bits per heavy atom. The van der Waals surface area contributed by atoms with Crippen molar-refractivity contribution < 1.29 is 19.8 Å². The third-order valence-corrected chi connectivity index (χ3v) is 11.6. The lowest BCUT2D eigenvalue weighted by molar-refractivity contribution is -0.139. The van der Waals surface area contributed by atoms with Gasteiger partial charge in [0.2, 0.25) is 0 Å². The van der Waals surface area contributed by atoms with Crippen molar-refractivity contribution in [3.05, 3.63) is 137 Å². The van der Waals surface area contributed by atoms with Crippen molar-refractivity contribution in [3.8, 4) is 0 Å². The number of hydrogen-bond acceptors (Lipinski definition) is 6. The Kier molecular flexibility index (Phi) is 15.9. The summed E-state index contributed by atoms with van der Waals surface area (Å²) >= 11 is 14.2. The quantitative estimate of drug-likeness (QED) is 0.116. The Balaban J connectivity index is 1.54. The average molecular weight is 964 g/mol. The molecule has 1 heterocycles. The maximum Gasteiger partial charge on any atom is 0.317 e. The first-order valence-electron chi connectivity index (χ1n) is 17.3. The molecule has 1 saturated heterocycles. The molecule has 1 fully saturated rings. The fourth-order valence-electron chi connectivity index (χ4n) is 6.86. The van der Waals surface area contributed by atoms with E-state index in [0.29, 0.717) is 51.9 Å². The normalized spacial score (nSPS) is 20.8. The summed E-state index contributed by atoms with van der Waals surface area (Å²) in [6.07, 6.45) is 2.65. The average Bonchev–Trinajstić information content (AvgIpc) is 3.10. The zero-order valence-electron chi connectivity index (χ0n) is 28.7. The van der Waals surface area contributed by atoms with E-state index >= 15 is 0 Å². The summed E-state index contributed by atoms with van der Waals surface area (Å²) in [4.78, 5) is 29.2. The van der Waals surface area contributed by atoms with Gasteiger partial charge in [-0.25, -0.2) is 0 Å². The summed E-state index contributed by atoms with van der Waals surface area (Å²) in [5.74, 6) is -1.75. The molecule has 0 aliphatic carbocycles. The molecule has 0 radical (unpaired) electrons. The molecule has 8 nitrogen and oxygen atoms in total. The van der Waals surface area contributed by atoms with Gasteiger partial charge in [-0.1, -0.05) is 112 Å². The summed E-state index contributed by atoms with van der Waals surface area (Å²) in [6, 6.07) is 32.3. The largest absolute Gasteiger partial charge is 0.480 e. The van der Waals surface area contributed by atoms with E-state index in [1.54, 1.807) is 0 Å². The minimum absolute atomic E-state index is 0.105. The molecule has 52 heavy (non-hydrogen) atoms. The molecule has 12 heteroatoms. The number of halogens is 4. The van der Waals surface area contributed by atoms with Crippen LogP contribution in [0.3, 0.4) is 0 Å². The zero-order valence-corrected chi connectivity index (χ0v) is 35.1. The lowest BCUT2D eigenvalue weighted by atomic mass is 9.98. The minimum atomic E-state index is -0.873. The highest BCUT2D eigenvalue weighted by Gasteiger charge is 2.30. The molecule has 0 amide bonds. The number of nitrogens with one attached hydrogen (secondary N) is 2. The Labute approximate surface area is 339 Å². The molecular formula is C40H44Br4N4O4. The number of carboxylic acids is 2. The summed E-state index contributed by atoms with van der Waals surface area (Å²) in [5, 5.41) is 28.1. The third-order valence-electron chi connectivity index (χ3n) is 9.46. The van der Waals surface area contributed by atoms with Crippen molar-refractivity contribution in [2.75, 3.05) is 39.3 Å². The van der Waals surface area contributed by atoms with E-state index in [-0.39, 0.29) is 37.3 Å². The monoisotopic (exact) mass is 960 g/mol. The maximum atomic E-state index is 12.5. The van der Waals surface area contributed by atoms with Crippen molar-refractivity contribution in [1.82, 2.24) is 20.4 Å². The molecule has 0 spiro atoms. The molecule has 4 aromatic rings. The van der Waals surface area contributed by atoms with Crippen LogP contribution in [0.15, 0.2) is 115 Å². The van der Waals surface area contributed by atoms with Gasteiger partial charge in [0, 0.05) is 68.2 Å². The van der Waals surface area contributed by atoms with E-state index in [2.05, 4.69) is 133 Å². The zero-order chi connectivity index (χ0) is 37.0. The van der Waals surface area contributed by atoms with E-state index < -0.39 is 11.9 Å².